The third-order valence-corrected chi connectivity index (χ3v) is 7.28. The van der Waals surface area contributed by atoms with Crippen molar-refractivity contribution in [2.45, 2.75) is 155 Å². The molecule has 0 amide bonds. The lowest BCUT2D eigenvalue weighted by Gasteiger charge is -2.31. The molecule has 6 heteroatoms. The Hall–Kier alpha value is -1.14. The summed E-state index contributed by atoms with van der Waals surface area (Å²) < 4.78 is 5.37. The molecule has 2 unspecified atom stereocenters. The Balaban J connectivity index is 3.81. The number of ether oxygens (including phenoxy) is 1. The average molecular weight is 501 g/mol. The Morgan fingerprint density at radius 2 is 1.14 bits per heavy atom. The normalized spacial score (nSPS) is 13.9. The lowest BCUT2D eigenvalue weighted by molar-refractivity contribution is -0.161. The van der Waals surface area contributed by atoms with Crippen LogP contribution >= 0.6 is 0 Å². The van der Waals surface area contributed by atoms with Crippen molar-refractivity contribution in [1.82, 2.24) is 0 Å². The molecule has 0 saturated carbocycles. The third-order valence-electron chi connectivity index (χ3n) is 7.28. The molecule has 0 rings (SSSR count). The zero-order valence-electron chi connectivity index (χ0n) is 22.9. The number of esters is 1. The van der Waals surface area contributed by atoms with Gasteiger partial charge in [-0.1, -0.05) is 117 Å². The van der Waals surface area contributed by atoms with Gasteiger partial charge in [-0.15, -0.1) is 0 Å². The maximum Gasteiger partial charge on any atom is 0.312 e. The van der Waals surface area contributed by atoms with Gasteiger partial charge in [-0.25, -0.2) is 0 Å². The van der Waals surface area contributed by atoms with Gasteiger partial charge in [0.2, 0.25) is 0 Å². The number of rotatable bonds is 26. The summed E-state index contributed by atoms with van der Waals surface area (Å²) in [6, 6.07) is 0. The number of carboxylic acid groups (broad SMARTS) is 1. The fourth-order valence-electron chi connectivity index (χ4n) is 4.76. The summed E-state index contributed by atoms with van der Waals surface area (Å²) in [5.74, 6) is -0.889. The molecule has 2 atom stereocenters. The van der Waals surface area contributed by atoms with Crippen LogP contribution in [0, 0.1) is 5.41 Å². The van der Waals surface area contributed by atoms with E-state index in [-0.39, 0.29) is 19.2 Å². The number of unbranched alkanes of at least 4 members (excludes halogenated alkanes) is 15. The largest absolute Gasteiger partial charge is 0.481 e. The number of aliphatic carboxylic acids is 1. The Bertz CT molecular complexity index is 509. The van der Waals surface area contributed by atoms with Crippen LogP contribution in [0.25, 0.3) is 0 Å². The van der Waals surface area contributed by atoms with E-state index in [4.69, 9.17) is 14.9 Å². The smallest absolute Gasteiger partial charge is 0.312 e. The summed E-state index contributed by atoms with van der Waals surface area (Å²) in [6.07, 6.45) is 21.8. The van der Waals surface area contributed by atoms with Gasteiger partial charge in [0.05, 0.1) is 12.0 Å². The molecule has 0 aliphatic heterocycles. The first-order valence-corrected chi connectivity index (χ1v) is 14.6. The maximum absolute atomic E-state index is 12.8. The van der Waals surface area contributed by atoms with E-state index < -0.39 is 17.5 Å². The summed E-state index contributed by atoms with van der Waals surface area (Å²) in [7, 11) is 0. The Morgan fingerprint density at radius 3 is 1.54 bits per heavy atom. The first-order chi connectivity index (χ1) is 16.9. The van der Waals surface area contributed by atoms with Gasteiger partial charge in [0.25, 0.3) is 0 Å². The second-order valence-corrected chi connectivity index (χ2v) is 10.4. The summed E-state index contributed by atoms with van der Waals surface area (Å²) in [5, 5.41) is 27.1. The van der Waals surface area contributed by atoms with Crippen molar-refractivity contribution in [1.29, 1.82) is 0 Å². The van der Waals surface area contributed by atoms with E-state index in [0.717, 1.165) is 57.8 Å². The molecule has 208 valence electrons. The van der Waals surface area contributed by atoms with Gasteiger partial charge in [-0.2, -0.15) is 0 Å². The Morgan fingerprint density at radius 1 is 0.714 bits per heavy atom. The van der Waals surface area contributed by atoms with Crippen molar-refractivity contribution in [3.63, 3.8) is 0 Å². The van der Waals surface area contributed by atoms with E-state index in [1.807, 2.05) is 0 Å². The first kappa shape index (κ1) is 33.9. The van der Waals surface area contributed by atoms with Gasteiger partial charge < -0.3 is 20.1 Å². The maximum atomic E-state index is 12.8. The van der Waals surface area contributed by atoms with Gasteiger partial charge in [0.15, 0.2) is 0 Å². The first-order valence-electron chi connectivity index (χ1n) is 14.6. The zero-order valence-corrected chi connectivity index (χ0v) is 22.9. The fourth-order valence-corrected chi connectivity index (χ4v) is 4.76. The highest BCUT2D eigenvalue weighted by Crippen LogP contribution is 2.36. The monoisotopic (exact) mass is 500 g/mol. The minimum absolute atomic E-state index is 0.127. The number of carbonyl (C=O) groups excluding carboxylic acids is 1. The van der Waals surface area contributed by atoms with E-state index in [9.17, 15) is 14.7 Å². The van der Waals surface area contributed by atoms with Crippen LogP contribution in [0.15, 0.2) is 0 Å². The summed E-state index contributed by atoms with van der Waals surface area (Å²) in [5.41, 5.74) is -0.455. The topological polar surface area (TPSA) is 104 Å². The molecule has 3 N–H and O–H groups in total. The average Bonchev–Trinajstić information content (AvgIpc) is 2.85. The number of aliphatic hydroxyl groups excluding tert-OH is 2. The van der Waals surface area contributed by atoms with E-state index in [0.29, 0.717) is 6.42 Å². The molecule has 0 radical (unpaired) electrons. The summed E-state index contributed by atoms with van der Waals surface area (Å²) in [4.78, 5) is 23.3. The van der Waals surface area contributed by atoms with Crippen molar-refractivity contribution in [3.8, 4) is 0 Å². The Labute approximate surface area is 215 Å². The van der Waals surface area contributed by atoms with E-state index >= 15 is 0 Å². The predicted molar refractivity (Wildman–Crippen MR) is 142 cm³/mol. The lowest BCUT2D eigenvalue weighted by Crippen LogP contribution is -2.35. The van der Waals surface area contributed by atoms with Crippen LogP contribution in [-0.2, 0) is 14.3 Å². The van der Waals surface area contributed by atoms with Gasteiger partial charge >= 0.3 is 11.9 Å². The lowest BCUT2D eigenvalue weighted by atomic mass is 9.76. The minimum atomic E-state index is -0.999. The van der Waals surface area contributed by atoms with Crippen LogP contribution in [0.1, 0.15) is 149 Å². The SMILES string of the molecule is CCCCC(CC)(CCCCCCCCCCCCCCCCCC(=O)O)C(=O)OCC(O)CO. The van der Waals surface area contributed by atoms with Crippen LogP contribution in [0.3, 0.4) is 0 Å². The molecule has 0 bridgehead atoms. The highest BCUT2D eigenvalue weighted by molar-refractivity contribution is 5.76. The summed E-state index contributed by atoms with van der Waals surface area (Å²) >= 11 is 0. The molecule has 0 aliphatic carbocycles. The molecule has 0 aromatic heterocycles. The predicted octanol–water partition coefficient (Wildman–Crippen LogP) is 7.19. The van der Waals surface area contributed by atoms with Crippen LogP contribution in [0.2, 0.25) is 0 Å². The van der Waals surface area contributed by atoms with Crippen molar-refractivity contribution in [2.75, 3.05) is 13.2 Å². The molecular formula is C29H56O6. The molecule has 6 nitrogen and oxygen atoms in total. The van der Waals surface area contributed by atoms with Crippen LogP contribution in [0.4, 0.5) is 0 Å². The number of hydrogen-bond acceptors (Lipinski definition) is 5. The van der Waals surface area contributed by atoms with Gasteiger partial charge in [0, 0.05) is 6.42 Å². The molecule has 0 aromatic carbocycles. The van der Waals surface area contributed by atoms with Gasteiger partial charge in [-0.3, -0.25) is 9.59 Å². The minimum Gasteiger partial charge on any atom is -0.481 e. The van der Waals surface area contributed by atoms with E-state index in [1.54, 1.807) is 0 Å². The fraction of sp³-hybridized carbons (Fsp3) is 0.931. The molecular weight excluding hydrogens is 444 g/mol. The quantitative estimate of drug-likeness (QED) is 0.0858. The Kier molecular flexibility index (Phi) is 22.5. The molecule has 0 spiro atoms. The summed E-state index contributed by atoms with van der Waals surface area (Å²) in [6.45, 7) is 3.67. The van der Waals surface area contributed by atoms with Gasteiger partial charge in [0.1, 0.15) is 12.7 Å². The van der Waals surface area contributed by atoms with Crippen molar-refractivity contribution in [2.24, 2.45) is 5.41 Å². The number of carboxylic acids is 1. The van der Waals surface area contributed by atoms with Crippen molar-refractivity contribution in [3.05, 3.63) is 0 Å². The molecule has 0 aromatic rings. The number of hydrogen-bond donors (Lipinski definition) is 3. The van der Waals surface area contributed by atoms with E-state index in [2.05, 4.69) is 13.8 Å². The van der Waals surface area contributed by atoms with Crippen molar-refractivity contribution < 1.29 is 29.6 Å². The highest BCUT2D eigenvalue weighted by atomic mass is 16.5. The van der Waals surface area contributed by atoms with Gasteiger partial charge in [-0.05, 0) is 25.7 Å². The molecule has 0 heterocycles. The molecule has 35 heavy (non-hydrogen) atoms. The highest BCUT2D eigenvalue weighted by Gasteiger charge is 2.37. The molecule has 0 aliphatic rings. The van der Waals surface area contributed by atoms with Crippen LogP contribution < -0.4 is 0 Å². The van der Waals surface area contributed by atoms with Crippen LogP contribution in [-0.4, -0.2) is 46.6 Å². The second-order valence-electron chi connectivity index (χ2n) is 10.4. The van der Waals surface area contributed by atoms with Crippen LogP contribution in [0.5, 0.6) is 0 Å². The number of carbonyl (C=O) groups is 2. The molecule has 0 saturated heterocycles. The molecule has 0 fully saturated rings. The number of aliphatic hydroxyl groups is 2. The third kappa shape index (κ3) is 18.7. The van der Waals surface area contributed by atoms with E-state index in [1.165, 1.54) is 70.6 Å². The standard InChI is InChI=1S/C29H56O6/c1-3-5-22-29(4-2,28(34)35-25-26(31)24-30)23-20-18-16-14-12-10-8-6-7-9-11-13-15-17-19-21-27(32)33/h26,30-31H,3-25H2,1-2H3,(H,32,33). The second kappa shape index (κ2) is 23.3. The van der Waals surface area contributed by atoms with Crippen molar-refractivity contribution >= 4 is 11.9 Å². The zero-order chi connectivity index (χ0) is 26.2.